The lowest BCUT2D eigenvalue weighted by Gasteiger charge is -2.42. The Morgan fingerprint density at radius 2 is 2.27 bits per heavy atom. The van der Waals surface area contributed by atoms with Gasteiger partial charge in [0.15, 0.2) is 0 Å². The molecule has 0 saturated carbocycles. The van der Waals surface area contributed by atoms with E-state index >= 15 is 0 Å². The highest BCUT2D eigenvalue weighted by atomic mass is 16.5. The van der Waals surface area contributed by atoms with Gasteiger partial charge in [-0.05, 0) is 27.3 Å². The number of rotatable bonds is 5. The average molecular weight is 216 g/mol. The summed E-state index contributed by atoms with van der Waals surface area (Å²) in [5.41, 5.74) is 0.131. The van der Waals surface area contributed by atoms with Crippen LogP contribution in [0.5, 0.6) is 0 Å². The van der Waals surface area contributed by atoms with Crippen LogP contribution in [-0.2, 0) is 4.74 Å². The summed E-state index contributed by atoms with van der Waals surface area (Å²) in [6.07, 6.45) is 0.983. The molecule has 90 valence electrons. The van der Waals surface area contributed by atoms with Gasteiger partial charge in [-0.2, -0.15) is 0 Å². The Morgan fingerprint density at radius 1 is 1.53 bits per heavy atom. The largest absolute Gasteiger partial charge is 0.395 e. The third-order valence-electron chi connectivity index (χ3n) is 3.19. The molecule has 1 unspecified atom stereocenters. The second kappa shape index (κ2) is 5.80. The quantitative estimate of drug-likeness (QED) is 0.682. The summed E-state index contributed by atoms with van der Waals surface area (Å²) in [4.78, 5) is 2.44. The zero-order valence-electron chi connectivity index (χ0n) is 10.1. The number of aliphatic hydroxyl groups excluding tert-OH is 1. The van der Waals surface area contributed by atoms with Crippen molar-refractivity contribution < 1.29 is 9.84 Å². The monoisotopic (exact) mass is 216 g/mol. The van der Waals surface area contributed by atoms with Crippen LogP contribution in [0.3, 0.4) is 0 Å². The normalized spacial score (nSPS) is 24.0. The van der Waals surface area contributed by atoms with Gasteiger partial charge in [0.05, 0.1) is 19.8 Å². The molecule has 1 saturated heterocycles. The molecule has 0 aromatic rings. The molecule has 0 radical (unpaired) electrons. The molecule has 15 heavy (non-hydrogen) atoms. The fourth-order valence-corrected chi connectivity index (χ4v) is 1.94. The summed E-state index contributed by atoms with van der Waals surface area (Å²) in [6.45, 7) is 8.26. The molecule has 1 atom stereocenters. The van der Waals surface area contributed by atoms with Crippen LogP contribution in [0.2, 0.25) is 0 Å². The Morgan fingerprint density at radius 3 is 2.80 bits per heavy atom. The first-order valence-corrected chi connectivity index (χ1v) is 5.71. The van der Waals surface area contributed by atoms with Gasteiger partial charge < -0.3 is 15.2 Å². The highest BCUT2D eigenvalue weighted by molar-refractivity contribution is 4.85. The zero-order chi connectivity index (χ0) is 11.3. The first-order valence-electron chi connectivity index (χ1n) is 5.71. The first kappa shape index (κ1) is 12.9. The van der Waals surface area contributed by atoms with E-state index in [2.05, 4.69) is 24.1 Å². The predicted molar refractivity (Wildman–Crippen MR) is 61.0 cm³/mol. The summed E-state index contributed by atoms with van der Waals surface area (Å²) in [7, 11) is 1.89. The summed E-state index contributed by atoms with van der Waals surface area (Å²) in [5.74, 6) is 0. The van der Waals surface area contributed by atoms with Gasteiger partial charge in [0.1, 0.15) is 0 Å². The number of likely N-dealkylation sites (N-methyl/N-ethyl adjacent to an activating group) is 1. The lowest BCUT2D eigenvalue weighted by atomic mass is 10.0. The Bertz CT molecular complexity index is 181. The predicted octanol–water partition coefficient (Wildman–Crippen LogP) is 0.0676. The smallest absolute Gasteiger partial charge is 0.0645 e. The van der Waals surface area contributed by atoms with E-state index in [1.807, 2.05) is 7.05 Å². The minimum Gasteiger partial charge on any atom is -0.395 e. The van der Waals surface area contributed by atoms with E-state index in [-0.39, 0.29) is 18.2 Å². The number of ether oxygens (including phenoxy) is 1. The van der Waals surface area contributed by atoms with Crippen LogP contribution in [-0.4, -0.2) is 61.5 Å². The van der Waals surface area contributed by atoms with Crippen molar-refractivity contribution in [1.82, 2.24) is 10.2 Å². The number of hydrogen-bond acceptors (Lipinski definition) is 4. The summed E-state index contributed by atoms with van der Waals surface area (Å²) < 4.78 is 5.47. The minimum absolute atomic E-state index is 0.131. The Labute approximate surface area is 92.6 Å². The molecular formula is C11H24N2O2. The number of aliphatic hydroxyl groups is 1. The molecule has 0 aromatic heterocycles. The van der Waals surface area contributed by atoms with Crippen molar-refractivity contribution in [1.29, 1.82) is 0 Å². The van der Waals surface area contributed by atoms with Crippen molar-refractivity contribution in [3.8, 4) is 0 Å². The van der Waals surface area contributed by atoms with Gasteiger partial charge in [0.25, 0.3) is 0 Å². The van der Waals surface area contributed by atoms with Crippen LogP contribution in [0.25, 0.3) is 0 Å². The Balaban J connectivity index is 2.35. The fourth-order valence-electron chi connectivity index (χ4n) is 1.94. The van der Waals surface area contributed by atoms with Crippen molar-refractivity contribution in [3.05, 3.63) is 0 Å². The van der Waals surface area contributed by atoms with Crippen LogP contribution in [0.15, 0.2) is 0 Å². The molecule has 1 fully saturated rings. The van der Waals surface area contributed by atoms with Crippen molar-refractivity contribution in [3.63, 3.8) is 0 Å². The summed E-state index contributed by atoms with van der Waals surface area (Å²) in [6, 6.07) is 0.212. The molecule has 0 aliphatic carbocycles. The topological polar surface area (TPSA) is 44.7 Å². The molecule has 2 N–H and O–H groups in total. The molecule has 0 bridgehead atoms. The van der Waals surface area contributed by atoms with Crippen molar-refractivity contribution in [2.75, 3.05) is 40.0 Å². The van der Waals surface area contributed by atoms with Gasteiger partial charge in [-0.25, -0.2) is 0 Å². The maximum atomic E-state index is 9.08. The summed E-state index contributed by atoms with van der Waals surface area (Å²) in [5, 5.41) is 12.2. The van der Waals surface area contributed by atoms with Crippen molar-refractivity contribution >= 4 is 0 Å². The molecule has 0 amide bonds. The molecule has 0 aromatic carbocycles. The van der Waals surface area contributed by atoms with Gasteiger partial charge >= 0.3 is 0 Å². The molecule has 1 aliphatic rings. The molecule has 1 aliphatic heterocycles. The van der Waals surface area contributed by atoms with E-state index in [0.29, 0.717) is 0 Å². The molecule has 4 nitrogen and oxygen atoms in total. The van der Waals surface area contributed by atoms with E-state index in [9.17, 15) is 0 Å². The fraction of sp³-hybridized carbons (Fsp3) is 1.00. The van der Waals surface area contributed by atoms with Gasteiger partial charge in [-0.15, -0.1) is 0 Å². The number of nitrogens with zero attached hydrogens (tertiary/aromatic N) is 1. The van der Waals surface area contributed by atoms with Gasteiger partial charge in [-0.1, -0.05) is 0 Å². The number of nitrogens with one attached hydrogen (secondary N) is 1. The highest BCUT2D eigenvalue weighted by Crippen LogP contribution is 2.19. The second-order valence-corrected chi connectivity index (χ2v) is 4.81. The first-order chi connectivity index (χ1) is 7.10. The van der Waals surface area contributed by atoms with Crippen LogP contribution >= 0.6 is 0 Å². The lowest BCUT2D eigenvalue weighted by molar-refractivity contribution is -0.0524. The van der Waals surface area contributed by atoms with Crippen molar-refractivity contribution in [2.24, 2.45) is 0 Å². The average Bonchev–Trinajstić information content (AvgIpc) is 2.21. The van der Waals surface area contributed by atoms with E-state index < -0.39 is 0 Å². The maximum Gasteiger partial charge on any atom is 0.0645 e. The molecule has 1 heterocycles. The third-order valence-corrected chi connectivity index (χ3v) is 3.19. The van der Waals surface area contributed by atoms with Gasteiger partial charge in [-0.3, -0.25) is 4.90 Å². The van der Waals surface area contributed by atoms with Gasteiger partial charge in [0, 0.05) is 24.7 Å². The van der Waals surface area contributed by atoms with E-state index in [1.165, 1.54) is 0 Å². The number of morpholine rings is 1. The molecule has 0 spiro atoms. The summed E-state index contributed by atoms with van der Waals surface area (Å²) >= 11 is 0. The standard InChI is InChI=1S/C11H24N2O2/c1-11(2)9-15-7-6-13(11)5-4-10(8-14)12-3/h10,12,14H,4-9H2,1-3H3. The zero-order valence-corrected chi connectivity index (χ0v) is 10.1. The van der Waals surface area contributed by atoms with Crippen LogP contribution in [0, 0.1) is 0 Å². The van der Waals surface area contributed by atoms with Crippen molar-refractivity contribution in [2.45, 2.75) is 31.8 Å². The van der Waals surface area contributed by atoms with Crippen LogP contribution < -0.4 is 5.32 Å². The second-order valence-electron chi connectivity index (χ2n) is 4.81. The molecule has 4 heteroatoms. The van der Waals surface area contributed by atoms with E-state index in [0.717, 1.165) is 32.7 Å². The molecule has 1 rings (SSSR count). The highest BCUT2D eigenvalue weighted by Gasteiger charge is 2.30. The Hall–Kier alpha value is -0.160. The van der Waals surface area contributed by atoms with Gasteiger partial charge in [0.2, 0.25) is 0 Å². The lowest BCUT2D eigenvalue weighted by Crippen LogP contribution is -2.54. The van der Waals surface area contributed by atoms with Crippen LogP contribution in [0.4, 0.5) is 0 Å². The minimum atomic E-state index is 0.131. The van der Waals surface area contributed by atoms with Crippen LogP contribution in [0.1, 0.15) is 20.3 Å². The molecular weight excluding hydrogens is 192 g/mol. The van der Waals surface area contributed by atoms with E-state index in [1.54, 1.807) is 0 Å². The third kappa shape index (κ3) is 3.72. The maximum absolute atomic E-state index is 9.08. The number of hydrogen-bond donors (Lipinski definition) is 2. The Kier molecular flexibility index (Phi) is 4.99. The SMILES string of the molecule is CNC(CO)CCN1CCOCC1(C)C. The van der Waals surface area contributed by atoms with E-state index in [4.69, 9.17) is 9.84 Å².